The molecule has 188 valence electrons. The van der Waals surface area contributed by atoms with Crippen molar-refractivity contribution in [2.75, 3.05) is 20.2 Å². The normalized spacial score (nSPS) is 17.5. The lowest BCUT2D eigenvalue weighted by Crippen LogP contribution is -2.50. The molecule has 1 aromatic heterocycles. The van der Waals surface area contributed by atoms with Crippen LogP contribution in [0.2, 0.25) is 0 Å². The predicted octanol–water partition coefficient (Wildman–Crippen LogP) is 5.36. The average molecular weight is 488 g/mol. The van der Waals surface area contributed by atoms with Gasteiger partial charge in [0.25, 0.3) is 5.91 Å². The molecule has 1 amide bonds. The van der Waals surface area contributed by atoms with Crippen molar-refractivity contribution in [1.29, 1.82) is 0 Å². The number of halogens is 1. The molecule has 1 aliphatic heterocycles. The molecule has 1 aliphatic carbocycles. The van der Waals surface area contributed by atoms with Crippen LogP contribution in [-0.2, 0) is 13.0 Å². The maximum atomic E-state index is 14.4. The number of hydrogen-bond acceptors (Lipinski definition) is 4. The van der Waals surface area contributed by atoms with Crippen molar-refractivity contribution >= 4 is 5.91 Å². The lowest BCUT2D eigenvalue weighted by Gasteiger charge is -2.42. The lowest BCUT2D eigenvalue weighted by molar-refractivity contribution is 0.0476. The predicted molar refractivity (Wildman–Crippen MR) is 138 cm³/mol. The van der Waals surface area contributed by atoms with E-state index in [2.05, 4.69) is 39.0 Å². The molecule has 2 heterocycles. The Balaban J connectivity index is 1.34. The summed E-state index contributed by atoms with van der Waals surface area (Å²) in [6.45, 7) is 2.32. The van der Waals surface area contributed by atoms with Gasteiger partial charge in [-0.1, -0.05) is 36.4 Å². The summed E-state index contributed by atoms with van der Waals surface area (Å²) < 4.78 is 19.7. The number of benzene rings is 2. The first-order chi connectivity index (χ1) is 17.6. The van der Waals surface area contributed by atoms with E-state index >= 15 is 0 Å². The second-order valence-corrected chi connectivity index (χ2v) is 9.99. The minimum Gasteiger partial charge on any atom is -0.497 e. The third-order valence-electron chi connectivity index (χ3n) is 7.53. The molecule has 1 atom stereocenters. The van der Waals surface area contributed by atoms with E-state index in [-0.39, 0.29) is 23.8 Å². The molecule has 0 bridgehead atoms. The fraction of sp³-hybridized carbons (Fsp3) is 0.400. The summed E-state index contributed by atoms with van der Waals surface area (Å²) in [6, 6.07) is 21.4. The van der Waals surface area contributed by atoms with Crippen molar-refractivity contribution in [3.05, 3.63) is 95.6 Å². The van der Waals surface area contributed by atoms with Gasteiger partial charge in [0.05, 0.1) is 7.11 Å². The molecular weight excluding hydrogens is 453 g/mol. The zero-order valence-corrected chi connectivity index (χ0v) is 20.9. The molecule has 1 saturated heterocycles. The minimum absolute atomic E-state index is 0.0416. The molecule has 0 spiro atoms. The number of likely N-dealkylation sites (tertiary alicyclic amines) is 1. The van der Waals surface area contributed by atoms with Gasteiger partial charge >= 0.3 is 0 Å². The van der Waals surface area contributed by atoms with Crippen LogP contribution in [0.1, 0.15) is 47.3 Å². The van der Waals surface area contributed by atoms with Crippen LogP contribution in [0.5, 0.6) is 5.75 Å². The van der Waals surface area contributed by atoms with Crippen LogP contribution < -0.4 is 4.74 Å². The van der Waals surface area contributed by atoms with E-state index < -0.39 is 0 Å². The molecule has 1 unspecified atom stereocenters. The monoisotopic (exact) mass is 487 g/mol. The van der Waals surface area contributed by atoms with E-state index in [0.717, 1.165) is 45.2 Å². The third kappa shape index (κ3) is 5.76. The molecule has 0 N–H and O–H groups in total. The Morgan fingerprint density at radius 2 is 1.81 bits per heavy atom. The second kappa shape index (κ2) is 11.2. The van der Waals surface area contributed by atoms with Gasteiger partial charge in [0.2, 0.25) is 0 Å². The summed E-state index contributed by atoms with van der Waals surface area (Å²) in [4.78, 5) is 22.5. The molecular formula is C30H34FN3O2. The number of hydrogen-bond donors (Lipinski definition) is 0. The summed E-state index contributed by atoms with van der Waals surface area (Å²) in [5.74, 6) is 0.905. The van der Waals surface area contributed by atoms with Gasteiger partial charge in [-0.15, -0.1) is 0 Å². The van der Waals surface area contributed by atoms with Crippen molar-refractivity contribution in [1.82, 2.24) is 14.8 Å². The molecule has 2 aliphatic rings. The number of nitrogens with zero attached hydrogens (tertiary/aromatic N) is 3. The van der Waals surface area contributed by atoms with E-state index in [0.29, 0.717) is 29.5 Å². The fourth-order valence-corrected chi connectivity index (χ4v) is 5.45. The van der Waals surface area contributed by atoms with Crippen LogP contribution in [0, 0.1) is 11.7 Å². The molecule has 3 aromatic rings. The Kier molecular flexibility index (Phi) is 7.61. The Labute approximate surface area is 212 Å². The molecule has 5 nitrogen and oxygen atoms in total. The van der Waals surface area contributed by atoms with Gasteiger partial charge in [-0.3, -0.25) is 14.7 Å². The van der Waals surface area contributed by atoms with Crippen molar-refractivity contribution in [3.8, 4) is 5.75 Å². The standard InChI is InChI=1S/C30H34FN3O2/c1-36-26-12-13-27(31)24(20-26)21-33-17-14-23(15-18-33)29(19-22-7-3-2-4-8-22)34(25-10-11-25)30(35)28-9-5-6-16-32-28/h2-9,12-13,16,20,23,25,29H,10-11,14-15,17-19,21H2,1H3. The topological polar surface area (TPSA) is 45.7 Å². The molecule has 36 heavy (non-hydrogen) atoms. The summed E-state index contributed by atoms with van der Waals surface area (Å²) in [5, 5.41) is 0. The van der Waals surface area contributed by atoms with Crippen LogP contribution in [0.3, 0.4) is 0 Å². The number of piperidine rings is 1. The first kappa shape index (κ1) is 24.4. The van der Waals surface area contributed by atoms with Crippen LogP contribution in [0.4, 0.5) is 4.39 Å². The lowest BCUT2D eigenvalue weighted by atomic mass is 9.84. The Morgan fingerprint density at radius 3 is 2.47 bits per heavy atom. The first-order valence-electron chi connectivity index (χ1n) is 12.9. The molecule has 1 saturated carbocycles. The molecule has 6 heteroatoms. The number of aromatic nitrogens is 1. The van der Waals surface area contributed by atoms with E-state index in [1.165, 1.54) is 11.6 Å². The first-order valence-corrected chi connectivity index (χ1v) is 12.9. The highest BCUT2D eigenvalue weighted by molar-refractivity contribution is 5.93. The van der Waals surface area contributed by atoms with Gasteiger partial charge in [-0.25, -0.2) is 4.39 Å². The van der Waals surface area contributed by atoms with Crippen molar-refractivity contribution in [2.45, 2.75) is 50.7 Å². The second-order valence-electron chi connectivity index (χ2n) is 9.99. The van der Waals surface area contributed by atoms with E-state index in [4.69, 9.17) is 4.74 Å². The van der Waals surface area contributed by atoms with Crippen LogP contribution >= 0.6 is 0 Å². The number of pyridine rings is 1. The maximum absolute atomic E-state index is 14.4. The quantitative estimate of drug-likeness (QED) is 0.408. The summed E-state index contributed by atoms with van der Waals surface area (Å²) in [7, 11) is 1.60. The minimum atomic E-state index is -0.194. The van der Waals surface area contributed by atoms with Gasteiger partial charge in [-0.05, 0) is 87.0 Å². The Hall–Kier alpha value is -3.25. The van der Waals surface area contributed by atoms with Gasteiger partial charge in [0.15, 0.2) is 0 Å². The summed E-state index contributed by atoms with van der Waals surface area (Å²) in [5.41, 5.74) is 2.44. The third-order valence-corrected chi connectivity index (χ3v) is 7.53. The fourth-order valence-electron chi connectivity index (χ4n) is 5.45. The SMILES string of the molecule is COc1ccc(F)c(CN2CCC(C(Cc3ccccc3)N(C(=O)c3ccccn3)C3CC3)CC2)c1. The van der Waals surface area contributed by atoms with Gasteiger partial charge < -0.3 is 9.64 Å². The molecule has 5 rings (SSSR count). The van der Waals surface area contributed by atoms with E-state index in [1.54, 1.807) is 25.4 Å². The summed E-state index contributed by atoms with van der Waals surface area (Å²) >= 11 is 0. The molecule has 2 fully saturated rings. The largest absolute Gasteiger partial charge is 0.497 e. The number of ether oxygens (including phenoxy) is 1. The van der Waals surface area contributed by atoms with Gasteiger partial charge in [0.1, 0.15) is 17.3 Å². The van der Waals surface area contributed by atoms with Crippen LogP contribution in [0.15, 0.2) is 72.9 Å². The highest BCUT2D eigenvalue weighted by Crippen LogP contribution is 2.36. The van der Waals surface area contributed by atoms with Gasteiger partial charge in [0, 0.05) is 30.4 Å². The van der Waals surface area contributed by atoms with Crippen molar-refractivity contribution in [2.24, 2.45) is 5.92 Å². The number of amides is 1. The zero-order valence-electron chi connectivity index (χ0n) is 20.9. The average Bonchev–Trinajstić information content (AvgIpc) is 3.76. The smallest absolute Gasteiger partial charge is 0.272 e. The maximum Gasteiger partial charge on any atom is 0.272 e. The molecule has 2 aromatic carbocycles. The highest BCUT2D eigenvalue weighted by atomic mass is 19.1. The number of rotatable bonds is 9. The summed E-state index contributed by atoms with van der Waals surface area (Å²) in [6.07, 6.45) is 6.59. The van der Waals surface area contributed by atoms with Crippen molar-refractivity contribution in [3.63, 3.8) is 0 Å². The number of carbonyl (C=O) groups excluding carboxylic acids is 1. The highest BCUT2D eigenvalue weighted by Gasteiger charge is 2.42. The number of carbonyl (C=O) groups is 1. The Morgan fingerprint density at radius 1 is 1.06 bits per heavy atom. The van der Waals surface area contributed by atoms with E-state index in [9.17, 15) is 9.18 Å². The van der Waals surface area contributed by atoms with Gasteiger partial charge in [-0.2, -0.15) is 0 Å². The molecule has 0 radical (unpaired) electrons. The van der Waals surface area contributed by atoms with E-state index in [1.807, 2.05) is 24.3 Å². The zero-order chi connectivity index (χ0) is 24.9. The van der Waals surface area contributed by atoms with Crippen molar-refractivity contribution < 1.29 is 13.9 Å². The van der Waals surface area contributed by atoms with Crippen LogP contribution in [0.25, 0.3) is 0 Å². The Bertz CT molecular complexity index is 1150. The van der Waals surface area contributed by atoms with Crippen LogP contribution in [-0.4, -0.2) is 53.0 Å². The number of methoxy groups -OCH3 is 1.